The fraction of sp³-hybridized carbons (Fsp3) is 0.0909. The Labute approximate surface area is 101 Å². The average molecular weight is 247 g/mol. The van der Waals surface area contributed by atoms with E-state index in [0.29, 0.717) is 5.69 Å². The second-order valence-electron chi connectivity index (χ2n) is 3.52. The molecular formula is C11H9N3O4. The molecule has 2 heterocycles. The predicted molar refractivity (Wildman–Crippen MR) is 60.4 cm³/mol. The molecule has 0 unspecified atom stereocenters. The maximum atomic E-state index is 11.7. The molecule has 92 valence electrons. The lowest BCUT2D eigenvalue weighted by Crippen LogP contribution is -2.12. The summed E-state index contributed by atoms with van der Waals surface area (Å²) in [4.78, 5) is 26.3. The van der Waals surface area contributed by atoms with Crippen LogP contribution in [0.4, 0.5) is 5.69 Å². The molecule has 2 aromatic heterocycles. The van der Waals surface area contributed by atoms with Crippen LogP contribution in [0, 0.1) is 6.92 Å². The lowest BCUT2D eigenvalue weighted by molar-refractivity contribution is 0.0651. The van der Waals surface area contributed by atoms with Crippen molar-refractivity contribution in [2.75, 3.05) is 5.32 Å². The zero-order chi connectivity index (χ0) is 13.1. The lowest BCUT2D eigenvalue weighted by Gasteiger charge is -2.02. The van der Waals surface area contributed by atoms with Crippen molar-refractivity contribution in [1.82, 2.24) is 10.1 Å². The third-order valence-corrected chi connectivity index (χ3v) is 2.11. The van der Waals surface area contributed by atoms with Crippen LogP contribution in [0.25, 0.3) is 0 Å². The lowest BCUT2D eigenvalue weighted by atomic mass is 10.3. The third kappa shape index (κ3) is 2.51. The molecule has 0 aliphatic heterocycles. The van der Waals surface area contributed by atoms with E-state index in [1.807, 2.05) is 0 Å². The molecule has 0 spiro atoms. The fourth-order valence-electron chi connectivity index (χ4n) is 1.30. The van der Waals surface area contributed by atoms with Crippen molar-refractivity contribution in [3.05, 3.63) is 41.5 Å². The molecule has 0 radical (unpaired) electrons. The van der Waals surface area contributed by atoms with E-state index in [1.54, 1.807) is 25.3 Å². The fourth-order valence-corrected chi connectivity index (χ4v) is 1.30. The quantitative estimate of drug-likeness (QED) is 0.847. The van der Waals surface area contributed by atoms with E-state index in [-0.39, 0.29) is 11.5 Å². The molecule has 0 aromatic carbocycles. The highest BCUT2D eigenvalue weighted by Crippen LogP contribution is 2.10. The summed E-state index contributed by atoms with van der Waals surface area (Å²) in [6, 6.07) is 4.35. The normalized spacial score (nSPS) is 10.1. The van der Waals surface area contributed by atoms with Crippen molar-refractivity contribution in [3.63, 3.8) is 0 Å². The monoisotopic (exact) mass is 247 g/mol. The first-order valence-corrected chi connectivity index (χ1v) is 5.00. The second kappa shape index (κ2) is 4.66. The van der Waals surface area contributed by atoms with Crippen molar-refractivity contribution in [1.29, 1.82) is 0 Å². The average Bonchev–Trinajstić information content (AvgIpc) is 2.78. The summed E-state index contributed by atoms with van der Waals surface area (Å²) in [5.74, 6) is -2.20. The molecule has 0 bridgehead atoms. The molecule has 7 heteroatoms. The Bertz CT molecular complexity index is 606. The molecule has 0 atom stereocenters. The zero-order valence-corrected chi connectivity index (χ0v) is 9.38. The van der Waals surface area contributed by atoms with Gasteiger partial charge in [-0.3, -0.25) is 9.78 Å². The van der Waals surface area contributed by atoms with Crippen LogP contribution in [-0.2, 0) is 0 Å². The van der Waals surface area contributed by atoms with E-state index in [1.165, 1.54) is 0 Å². The molecule has 18 heavy (non-hydrogen) atoms. The summed E-state index contributed by atoms with van der Waals surface area (Å²) in [6.45, 7) is 1.79. The zero-order valence-electron chi connectivity index (χ0n) is 9.38. The van der Waals surface area contributed by atoms with Gasteiger partial charge in [-0.15, -0.1) is 0 Å². The number of nitrogens with zero attached hydrogens (tertiary/aromatic N) is 2. The molecular weight excluding hydrogens is 238 g/mol. The number of amides is 1. The SMILES string of the molecule is Cc1cc(NC(=O)c2cc(C(=O)O)on2)ccn1. The van der Waals surface area contributed by atoms with Crippen LogP contribution in [0.3, 0.4) is 0 Å². The summed E-state index contributed by atoms with van der Waals surface area (Å²) in [5.41, 5.74) is 1.20. The van der Waals surface area contributed by atoms with E-state index < -0.39 is 11.9 Å². The van der Waals surface area contributed by atoms with Crippen LogP contribution in [0.2, 0.25) is 0 Å². The molecule has 0 aliphatic rings. The smallest absolute Gasteiger partial charge is 0.374 e. The van der Waals surface area contributed by atoms with Gasteiger partial charge >= 0.3 is 5.97 Å². The molecule has 2 N–H and O–H groups in total. The number of hydrogen-bond acceptors (Lipinski definition) is 5. The number of aromatic nitrogens is 2. The van der Waals surface area contributed by atoms with Crippen molar-refractivity contribution < 1.29 is 19.2 Å². The molecule has 0 aliphatic carbocycles. The highest BCUT2D eigenvalue weighted by atomic mass is 16.5. The summed E-state index contributed by atoms with van der Waals surface area (Å²) in [7, 11) is 0. The van der Waals surface area contributed by atoms with Crippen LogP contribution >= 0.6 is 0 Å². The summed E-state index contributed by atoms with van der Waals surface area (Å²) in [5, 5.41) is 14.6. The van der Waals surface area contributed by atoms with Crippen LogP contribution in [0.5, 0.6) is 0 Å². The molecule has 0 saturated heterocycles. The molecule has 2 aromatic rings. The van der Waals surface area contributed by atoms with Crippen molar-refractivity contribution in [2.24, 2.45) is 0 Å². The predicted octanol–water partition coefficient (Wildman–Crippen LogP) is 1.33. The first-order chi connectivity index (χ1) is 8.56. The summed E-state index contributed by atoms with van der Waals surface area (Å²) >= 11 is 0. The molecule has 7 nitrogen and oxygen atoms in total. The molecule has 1 amide bonds. The van der Waals surface area contributed by atoms with Crippen LogP contribution in [0.1, 0.15) is 26.7 Å². The van der Waals surface area contributed by atoms with E-state index in [9.17, 15) is 9.59 Å². The first-order valence-electron chi connectivity index (χ1n) is 5.00. The molecule has 2 rings (SSSR count). The van der Waals surface area contributed by atoms with Crippen LogP contribution < -0.4 is 5.32 Å². The number of nitrogens with one attached hydrogen (secondary N) is 1. The minimum Gasteiger partial charge on any atom is -0.475 e. The number of carboxylic acids is 1. The minimum atomic E-state index is -1.28. The first kappa shape index (κ1) is 11.8. The van der Waals surface area contributed by atoms with Gasteiger partial charge in [0.05, 0.1) is 0 Å². The maximum Gasteiger partial charge on any atom is 0.374 e. The van der Waals surface area contributed by atoms with E-state index in [4.69, 9.17) is 5.11 Å². The van der Waals surface area contributed by atoms with Gasteiger partial charge in [0.1, 0.15) is 0 Å². The standard InChI is InChI=1S/C11H9N3O4/c1-6-4-7(2-3-12-6)13-10(15)8-5-9(11(16)17)18-14-8/h2-5H,1H3,(H,16,17)(H,12,13,15). The van der Waals surface area contributed by atoms with Crippen molar-refractivity contribution in [3.8, 4) is 0 Å². The van der Waals surface area contributed by atoms with Crippen LogP contribution in [-0.4, -0.2) is 27.1 Å². The maximum absolute atomic E-state index is 11.7. The number of aryl methyl sites for hydroxylation is 1. The number of pyridine rings is 1. The van der Waals surface area contributed by atoms with Gasteiger partial charge in [-0.2, -0.15) is 0 Å². The number of carbonyl (C=O) groups excluding carboxylic acids is 1. The number of aromatic carboxylic acids is 1. The highest BCUT2D eigenvalue weighted by molar-refractivity contribution is 6.03. The number of hydrogen-bond donors (Lipinski definition) is 2. The van der Waals surface area contributed by atoms with E-state index in [0.717, 1.165) is 11.8 Å². The van der Waals surface area contributed by atoms with Gasteiger partial charge in [0, 0.05) is 23.6 Å². The highest BCUT2D eigenvalue weighted by Gasteiger charge is 2.16. The Morgan fingerprint density at radius 2 is 2.17 bits per heavy atom. The Balaban J connectivity index is 2.14. The Morgan fingerprint density at radius 3 is 2.78 bits per heavy atom. The minimum absolute atomic E-state index is 0.0955. The van der Waals surface area contributed by atoms with Crippen molar-refractivity contribution >= 4 is 17.6 Å². The number of rotatable bonds is 3. The van der Waals surface area contributed by atoms with Gasteiger partial charge in [0.2, 0.25) is 5.76 Å². The largest absolute Gasteiger partial charge is 0.475 e. The Morgan fingerprint density at radius 1 is 1.39 bits per heavy atom. The van der Waals surface area contributed by atoms with Gasteiger partial charge < -0.3 is 14.9 Å². The van der Waals surface area contributed by atoms with Gasteiger partial charge in [0.25, 0.3) is 5.91 Å². The topological polar surface area (TPSA) is 105 Å². The molecule has 0 saturated carbocycles. The van der Waals surface area contributed by atoms with Gasteiger partial charge in [0.15, 0.2) is 5.69 Å². The number of carboxylic acid groups (broad SMARTS) is 1. The van der Waals surface area contributed by atoms with Gasteiger partial charge in [-0.05, 0) is 19.1 Å². The van der Waals surface area contributed by atoms with E-state index in [2.05, 4.69) is 20.0 Å². The van der Waals surface area contributed by atoms with E-state index >= 15 is 0 Å². The third-order valence-electron chi connectivity index (χ3n) is 2.11. The van der Waals surface area contributed by atoms with Crippen LogP contribution in [0.15, 0.2) is 28.9 Å². The number of carbonyl (C=O) groups is 2. The number of anilines is 1. The Kier molecular flexibility index (Phi) is 3.05. The molecule has 0 fully saturated rings. The summed E-state index contributed by atoms with van der Waals surface area (Å²) < 4.78 is 4.49. The van der Waals surface area contributed by atoms with Gasteiger partial charge in [-0.1, -0.05) is 5.16 Å². The van der Waals surface area contributed by atoms with Crippen molar-refractivity contribution in [2.45, 2.75) is 6.92 Å². The second-order valence-corrected chi connectivity index (χ2v) is 3.52. The summed E-state index contributed by atoms with van der Waals surface area (Å²) in [6.07, 6.45) is 1.55. The Hall–Kier alpha value is -2.70. The van der Waals surface area contributed by atoms with Gasteiger partial charge in [-0.25, -0.2) is 4.79 Å².